The highest BCUT2D eigenvalue weighted by Gasteiger charge is 2.17. The van der Waals surface area contributed by atoms with Crippen molar-refractivity contribution in [3.63, 3.8) is 0 Å². The minimum Gasteiger partial charge on any atom is -0.497 e. The molecule has 0 amide bonds. The maximum Gasteiger partial charge on any atom is 0.120 e. The summed E-state index contributed by atoms with van der Waals surface area (Å²) in [6, 6.07) is 6.34. The monoisotopic (exact) mass is 274 g/mol. The highest BCUT2D eigenvalue weighted by Crippen LogP contribution is 2.28. The zero-order valence-corrected chi connectivity index (χ0v) is 13.1. The number of aromatic amines is 1. The van der Waals surface area contributed by atoms with Crippen molar-refractivity contribution in [2.24, 2.45) is 0 Å². The molecule has 0 saturated heterocycles. The number of aromatic nitrogens is 1. The van der Waals surface area contributed by atoms with Gasteiger partial charge in [-0.15, -0.1) is 0 Å². The molecule has 20 heavy (non-hydrogen) atoms. The second-order valence-corrected chi connectivity index (χ2v) is 4.93. The largest absolute Gasteiger partial charge is 0.497 e. The molecule has 0 radical (unpaired) electrons. The number of hydrogen-bond donors (Lipinski definition) is 1. The molecule has 3 rings (SSSR count). The van der Waals surface area contributed by atoms with E-state index in [1.807, 2.05) is 13.8 Å². The van der Waals surface area contributed by atoms with Crippen LogP contribution < -0.4 is 4.74 Å². The predicted molar refractivity (Wildman–Crippen MR) is 85.7 cm³/mol. The van der Waals surface area contributed by atoms with Crippen LogP contribution in [0.25, 0.3) is 10.9 Å². The highest BCUT2D eigenvalue weighted by atomic mass is 16.5. The van der Waals surface area contributed by atoms with Gasteiger partial charge in [-0.3, -0.25) is 0 Å². The molecule has 0 saturated carbocycles. The van der Waals surface area contributed by atoms with Crippen LogP contribution in [-0.2, 0) is 12.8 Å². The first-order chi connectivity index (χ1) is 9.81. The number of nitrogens with one attached hydrogen (secondary N) is 1. The van der Waals surface area contributed by atoms with Crippen LogP contribution >= 0.6 is 0 Å². The van der Waals surface area contributed by atoms with E-state index in [-0.39, 0.29) is 0 Å². The van der Waals surface area contributed by atoms with Crippen LogP contribution in [0.3, 0.4) is 0 Å². The number of rotatable bonds is 2. The van der Waals surface area contributed by atoms with Crippen molar-refractivity contribution in [2.45, 2.75) is 33.6 Å². The smallest absolute Gasteiger partial charge is 0.120 e. The van der Waals surface area contributed by atoms with Gasteiger partial charge in [0.1, 0.15) is 5.75 Å². The van der Waals surface area contributed by atoms with Crippen LogP contribution in [-0.4, -0.2) is 36.6 Å². The average molecular weight is 274 g/mol. The van der Waals surface area contributed by atoms with Crippen LogP contribution in [0.4, 0.5) is 0 Å². The van der Waals surface area contributed by atoms with E-state index in [4.69, 9.17) is 4.74 Å². The molecular formula is C17H26N2O. The molecule has 0 unspecified atom stereocenters. The molecule has 0 fully saturated rings. The minimum absolute atomic E-state index is 0.925. The van der Waals surface area contributed by atoms with E-state index >= 15 is 0 Å². The van der Waals surface area contributed by atoms with Gasteiger partial charge in [-0.05, 0) is 30.7 Å². The number of hydrogen-bond acceptors (Lipinski definition) is 2. The molecule has 2 aromatic rings. The first-order valence-corrected chi connectivity index (χ1v) is 7.71. The Kier molecular flexibility index (Phi) is 5.07. The van der Waals surface area contributed by atoms with Gasteiger partial charge in [-0.1, -0.05) is 20.8 Å². The van der Waals surface area contributed by atoms with E-state index in [0.29, 0.717) is 0 Å². The first-order valence-electron chi connectivity index (χ1n) is 7.71. The lowest BCUT2D eigenvalue weighted by Gasteiger charge is -2.16. The lowest BCUT2D eigenvalue weighted by molar-refractivity contribution is 0.303. The topological polar surface area (TPSA) is 28.3 Å². The van der Waals surface area contributed by atoms with E-state index in [9.17, 15) is 0 Å². The summed E-state index contributed by atoms with van der Waals surface area (Å²) in [4.78, 5) is 6.09. The van der Waals surface area contributed by atoms with E-state index in [1.54, 1.807) is 7.11 Å². The zero-order chi connectivity index (χ0) is 14.5. The summed E-state index contributed by atoms with van der Waals surface area (Å²) in [7, 11) is 1.72. The summed E-state index contributed by atoms with van der Waals surface area (Å²) < 4.78 is 5.29. The van der Waals surface area contributed by atoms with Gasteiger partial charge in [0.25, 0.3) is 0 Å². The third kappa shape index (κ3) is 2.83. The van der Waals surface area contributed by atoms with E-state index in [0.717, 1.165) is 31.7 Å². The fourth-order valence-electron chi connectivity index (χ4n) is 2.88. The molecule has 2 heterocycles. The Morgan fingerprint density at radius 3 is 2.65 bits per heavy atom. The van der Waals surface area contributed by atoms with Crippen molar-refractivity contribution in [2.75, 3.05) is 26.7 Å². The second kappa shape index (κ2) is 6.80. The number of ether oxygens (including phenoxy) is 1. The fraction of sp³-hybridized carbons (Fsp3) is 0.529. The maximum atomic E-state index is 5.29. The Bertz CT molecular complexity index is 559. The first kappa shape index (κ1) is 14.9. The van der Waals surface area contributed by atoms with E-state index in [2.05, 4.69) is 35.0 Å². The second-order valence-electron chi connectivity index (χ2n) is 4.93. The molecular weight excluding hydrogens is 248 g/mol. The summed E-state index contributed by atoms with van der Waals surface area (Å²) in [5.74, 6) is 0.925. The SMILES string of the molecule is CC.CCN1CCc2[nH]c3cc(OC)ccc3c2CC1. The zero-order valence-electron chi connectivity index (χ0n) is 13.1. The molecule has 3 heteroatoms. The highest BCUT2D eigenvalue weighted by molar-refractivity contribution is 5.86. The van der Waals surface area contributed by atoms with Gasteiger partial charge in [-0.2, -0.15) is 0 Å². The molecule has 1 aromatic carbocycles. The molecule has 0 atom stereocenters. The van der Waals surface area contributed by atoms with Gasteiger partial charge >= 0.3 is 0 Å². The van der Waals surface area contributed by atoms with Crippen LogP contribution in [0.1, 0.15) is 32.0 Å². The van der Waals surface area contributed by atoms with E-state index < -0.39 is 0 Å². The van der Waals surface area contributed by atoms with Gasteiger partial charge in [0.05, 0.1) is 7.11 Å². The van der Waals surface area contributed by atoms with Crippen LogP contribution in [0.15, 0.2) is 18.2 Å². The Morgan fingerprint density at radius 1 is 1.20 bits per heavy atom. The van der Waals surface area contributed by atoms with Gasteiger partial charge < -0.3 is 14.6 Å². The standard InChI is InChI=1S/C15H20N2O.C2H6/c1-3-17-8-6-13-12-5-4-11(18-2)10-15(12)16-14(13)7-9-17;1-2/h4-5,10,16H,3,6-9H2,1-2H3;1-2H3. The molecule has 1 aliphatic heterocycles. The fourth-order valence-corrected chi connectivity index (χ4v) is 2.88. The summed E-state index contributed by atoms with van der Waals surface area (Å²) in [6.07, 6.45) is 2.27. The number of likely N-dealkylation sites (N-methyl/N-ethyl adjacent to an activating group) is 1. The molecule has 0 spiro atoms. The van der Waals surface area contributed by atoms with E-state index in [1.165, 1.54) is 28.7 Å². The van der Waals surface area contributed by atoms with Crippen molar-refractivity contribution in [1.82, 2.24) is 9.88 Å². The third-order valence-electron chi connectivity index (χ3n) is 4.00. The summed E-state index contributed by atoms with van der Waals surface area (Å²) in [5, 5.41) is 1.36. The van der Waals surface area contributed by atoms with Gasteiger partial charge in [0, 0.05) is 42.2 Å². The molecule has 1 N–H and O–H groups in total. The van der Waals surface area contributed by atoms with Crippen molar-refractivity contribution < 1.29 is 4.74 Å². The van der Waals surface area contributed by atoms with Crippen LogP contribution in [0, 0.1) is 0 Å². The number of fused-ring (bicyclic) bond motifs is 3. The van der Waals surface area contributed by atoms with Crippen molar-refractivity contribution in [1.29, 1.82) is 0 Å². The lowest BCUT2D eigenvalue weighted by atomic mass is 10.1. The number of methoxy groups -OCH3 is 1. The minimum atomic E-state index is 0.925. The molecule has 110 valence electrons. The Morgan fingerprint density at radius 2 is 1.95 bits per heavy atom. The Balaban J connectivity index is 0.000000704. The maximum absolute atomic E-state index is 5.29. The molecule has 0 aliphatic carbocycles. The van der Waals surface area contributed by atoms with Crippen molar-refractivity contribution >= 4 is 10.9 Å². The van der Waals surface area contributed by atoms with Gasteiger partial charge in [-0.25, -0.2) is 0 Å². The quantitative estimate of drug-likeness (QED) is 0.906. The average Bonchev–Trinajstić information content (AvgIpc) is 2.73. The summed E-state index contributed by atoms with van der Waals surface area (Å²) in [6.45, 7) is 9.72. The third-order valence-corrected chi connectivity index (χ3v) is 4.00. The Labute approximate surface area is 121 Å². The van der Waals surface area contributed by atoms with Gasteiger partial charge in [0.15, 0.2) is 0 Å². The summed E-state index contributed by atoms with van der Waals surface area (Å²) >= 11 is 0. The van der Waals surface area contributed by atoms with Crippen LogP contribution in [0.5, 0.6) is 5.75 Å². The number of H-pyrrole nitrogens is 1. The normalized spacial score (nSPS) is 15.2. The number of benzene rings is 1. The van der Waals surface area contributed by atoms with Crippen molar-refractivity contribution in [3.8, 4) is 5.75 Å². The van der Waals surface area contributed by atoms with Gasteiger partial charge in [0.2, 0.25) is 0 Å². The van der Waals surface area contributed by atoms with Crippen LogP contribution in [0.2, 0.25) is 0 Å². The molecule has 3 nitrogen and oxygen atoms in total. The molecule has 1 aliphatic rings. The Hall–Kier alpha value is -1.48. The number of nitrogens with zero attached hydrogens (tertiary/aromatic N) is 1. The molecule has 0 bridgehead atoms. The predicted octanol–water partition coefficient (Wildman–Crippen LogP) is 3.62. The lowest BCUT2D eigenvalue weighted by Crippen LogP contribution is -2.25. The van der Waals surface area contributed by atoms with Crippen molar-refractivity contribution in [3.05, 3.63) is 29.5 Å². The summed E-state index contributed by atoms with van der Waals surface area (Å²) in [5.41, 5.74) is 4.13. The molecule has 1 aromatic heterocycles.